The highest BCUT2D eigenvalue weighted by Gasteiger charge is 2.73. The number of methoxy groups -OCH3 is 1. The largest absolute Gasteiger partial charge is 0.480 e. The van der Waals surface area contributed by atoms with E-state index < -0.39 is 45.7 Å². The van der Waals surface area contributed by atoms with Crippen molar-refractivity contribution in [1.29, 1.82) is 0 Å². The second kappa shape index (κ2) is 6.26. The summed E-state index contributed by atoms with van der Waals surface area (Å²) in [6.45, 7) is 3.50. The van der Waals surface area contributed by atoms with Crippen LogP contribution < -0.4 is 11.1 Å². The first kappa shape index (κ1) is 18.7. The van der Waals surface area contributed by atoms with Crippen LogP contribution in [0.5, 0.6) is 0 Å². The van der Waals surface area contributed by atoms with E-state index in [-0.39, 0.29) is 0 Å². The van der Waals surface area contributed by atoms with Crippen LogP contribution in [0, 0.1) is 0 Å². The maximum absolute atomic E-state index is 12.8. The Morgan fingerprint density at radius 2 is 1.96 bits per heavy atom. The van der Waals surface area contributed by atoms with E-state index >= 15 is 0 Å². The number of hydrogen-bond donors (Lipinski definition) is 3. The smallest absolute Gasteiger partial charge is 0.327 e. The summed E-state index contributed by atoms with van der Waals surface area (Å²) < 4.78 is 4.66. The van der Waals surface area contributed by atoms with E-state index in [2.05, 4.69) is 5.32 Å². The molecule has 4 atom stereocenters. The molecule has 3 rings (SSSR count). The topological polar surface area (TPSA) is 122 Å². The monoisotopic (exact) mass is 379 g/mol. The molecule has 2 amide bonds. The van der Waals surface area contributed by atoms with Crippen LogP contribution in [0.25, 0.3) is 0 Å². The van der Waals surface area contributed by atoms with Crippen molar-refractivity contribution < 1.29 is 24.2 Å². The van der Waals surface area contributed by atoms with E-state index in [4.69, 9.17) is 10.5 Å². The zero-order chi connectivity index (χ0) is 19.3. The van der Waals surface area contributed by atoms with Crippen molar-refractivity contribution in [2.75, 3.05) is 7.11 Å². The first-order valence-corrected chi connectivity index (χ1v) is 8.95. The third-order valence-electron chi connectivity index (χ3n) is 4.81. The fourth-order valence-electron chi connectivity index (χ4n) is 3.46. The van der Waals surface area contributed by atoms with Gasteiger partial charge in [0.25, 0.3) is 11.6 Å². The summed E-state index contributed by atoms with van der Waals surface area (Å²) in [6, 6.07) is 6.79. The molecular weight excluding hydrogens is 358 g/mol. The number of carboxylic acid groups (broad SMARTS) is 1. The summed E-state index contributed by atoms with van der Waals surface area (Å²) in [5, 5.41) is 11.5. The van der Waals surface area contributed by atoms with Crippen molar-refractivity contribution in [3.8, 4) is 0 Å². The Balaban J connectivity index is 1.84. The normalized spacial score (nSPS) is 30.3. The van der Waals surface area contributed by atoms with Crippen LogP contribution in [0.15, 0.2) is 30.3 Å². The lowest BCUT2D eigenvalue weighted by Crippen LogP contribution is -2.80. The number of aliphatic carboxylic acids is 1. The molecule has 26 heavy (non-hydrogen) atoms. The molecule has 9 heteroatoms. The predicted molar refractivity (Wildman–Crippen MR) is 95.0 cm³/mol. The van der Waals surface area contributed by atoms with E-state index in [9.17, 15) is 19.5 Å². The molecule has 2 aliphatic heterocycles. The minimum atomic E-state index is -1.62. The molecule has 0 bridgehead atoms. The third-order valence-corrected chi connectivity index (χ3v) is 6.42. The van der Waals surface area contributed by atoms with E-state index in [0.717, 1.165) is 0 Å². The van der Waals surface area contributed by atoms with Crippen molar-refractivity contribution in [1.82, 2.24) is 10.2 Å². The number of carbonyl (C=O) groups excluding carboxylic acids is 2. The minimum Gasteiger partial charge on any atom is -0.480 e. The van der Waals surface area contributed by atoms with Gasteiger partial charge in [-0.2, -0.15) is 0 Å². The molecule has 2 aliphatic rings. The number of benzene rings is 1. The summed E-state index contributed by atoms with van der Waals surface area (Å²) in [5.41, 5.74) is 4.98. The fourth-order valence-corrected chi connectivity index (χ4v) is 5.13. The Bertz CT molecular complexity index is 756. The molecule has 4 N–H and O–H groups in total. The molecule has 2 saturated heterocycles. The van der Waals surface area contributed by atoms with Crippen molar-refractivity contribution in [3.63, 3.8) is 0 Å². The van der Waals surface area contributed by atoms with Gasteiger partial charge in [-0.1, -0.05) is 30.3 Å². The molecule has 2 heterocycles. The predicted octanol–water partition coefficient (Wildman–Crippen LogP) is 0.292. The van der Waals surface area contributed by atoms with Crippen LogP contribution in [0.3, 0.4) is 0 Å². The minimum absolute atomic E-state index is 0.566. The Labute approximate surface area is 155 Å². The summed E-state index contributed by atoms with van der Waals surface area (Å²) in [6.07, 6.45) is 0. The van der Waals surface area contributed by atoms with Crippen molar-refractivity contribution in [2.24, 2.45) is 5.73 Å². The van der Waals surface area contributed by atoms with E-state index in [0.29, 0.717) is 5.56 Å². The number of β-lactam (4-membered cyclic amide) rings is 1. The van der Waals surface area contributed by atoms with Crippen LogP contribution in [0.1, 0.15) is 25.5 Å². The van der Waals surface area contributed by atoms with Gasteiger partial charge in [0.15, 0.2) is 0 Å². The second-order valence-corrected chi connectivity index (χ2v) is 8.58. The van der Waals surface area contributed by atoms with Crippen LogP contribution in [-0.4, -0.2) is 56.8 Å². The van der Waals surface area contributed by atoms with Gasteiger partial charge in [0.2, 0.25) is 5.91 Å². The number of ether oxygens (including phenoxy) is 1. The maximum atomic E-state index is 12.8. The lowest BCUT2D eigenvalue weighted by molar-refractivity contribution is -0.201. The second-order valence-electron chi connectivity index (χ2n) is 6.84. The van der Waals surface area contributed by atoms with E-state index in [1.165, 1.54) is 23.8 Å². The zero-order valence-electron chi connectivity index (χ0n) is 14.6. The average Bonchev–Trinajstić information content (AvgIpc) is 2.88. The SMILES string of the molecule is CO[C@@]1(NC(=O)[C@H](N)c2ccccc2)C(=O)N2[C@@H](C(=O)O)C(C)(C)S[C@@H]21. The highest BCUT2D eigenvalue weighted by molar-refractivity contribution is 8.01. The molecule has 2 fully saturated rings. The molecule has 1 aromatic carbocycles. The van der Waals surface area contributed by atoms with Crippen LogP contribution in [-0.2, 0) is 19.1 Å². The number of thioether (sulfide) groups is 1. The number of carbonyl (C=O) groups is 3. The molecule has 0 aliphatic carbocycles. The number of amides is 2. The van der Waals surface area contributed by atoms with E-state index in [1.54, 1.807) is 44.2 Å². The number of fused-ring (bicyclic) bond motifs is 1. The summed E-state index contributed by atoms with van der Waals surface area (Å²) >= 11 is 1.28. The van der Waals surface area contributed by atoms with Gasteiger partial charge in [-0.15, -0.1) is 11.8 Å². The number of hydrogen-bond acceptors (Lipinski definition) is 6. The quantitative estimate of drug-likeness (QED) is 0.496. The van der Waals surface area contributed by atoms with Crippen LogP contribution >= 0.6 is 11.8 Å². The Kier molecular flexibility index (Phi) is 4.50. The Hall–Kier alpha value is -2.10. The van der Waals surface area contributed by atoms with Crippen LogP contribution in [0.2, 0.25) is 0 Å². The third kappa shape index (κ3) is 2.58. The van der Waals surface area contributed by atoms with Gasteiger partial charge in [-0.25, -0.2) is 4.79 Å². The lowest BCUT2D eigenvalue weighted by atomic mass is 9.93. The van der Waals surface area contributed by atoms with Gasteiger partial charge >= 0.3 is 5.97 Å². The molecule has 140 valence electrons. The first-order valence-electron chi connectivity index (χ1n) is 8.07. The molecule has 1 aromatic rings. The molecule has 8 nitrogen and oxygen atoms in total. The van der Waals surface area contributed by atoms with Crippen molar-refractivity contribution in [2.45, 2.75) is 41.8 Å². The average molecular weight is 379 g/mol. The molecule has 0 radical (unpaired) electrons. The number of nitrogens with one attached hydrogen (secondary N) is 1. The van der Waals surface area contributed by atoms with Crippen LogP contribution in [0.4, 0.5) is 0 Å². The van der Waals surface area contributed by atoms with Crippen molar-refractivity contribution >= 4 is 29.5 Å². The number of nitrogens with two attached hydrogens (primary N) is 1. The van der Waals surface area contributed by atoms with Gasteiger partial charge in [0, 0.05) is 11.9 Å². The Morgan fingerprint density at radius 3 is 2.50 bits per heavy atom. The molecule has 0 saturated carbocycles. The highest BCUT2D eigenvalue weighted by atomic mass is 32.2. The zero-order valence-corrected chi connectivity index (χ0v) is 15.4. The highest BCUT2D eigenvalue weighted by Crippen LogP contribution is 2.55. The first-order chi connectivity index (χ1) is 12.2. The molecule has 0 aromatic heterocycles. The van der Waals surface area contributed by atoms with Crippen molar-refractivity contribution in [3.05, 3.63) is 35.9 Å². The Morgan fingerprint density at radius 1 is 1.35 bits per heavy atom. The summed E-state index contributed by atoms with van der Waals surface area (Å²) in [4.78, 5) is 38.2. The summed E-state index contributed by atoms with van der Waals surface area (Å²) in [5.74, 6) is -2.23. The van der Waals surface area contributed by atoms with Gasteiger partial charge in [-0.05, 0) is 19.4 Å². The fraction of sp³-hybridized carbons (Fsp3) is 0.471. The summed E-state index contributed by atoms with van der Waals surface area (Å²) in [7, 11) is 1.31. The molecule has 0 spiro atoms. The maximum Gasteiger partial charge on any atom is 0.327 e. The van der Waals surface area contributed by atoms with Gasteiger partial charge in [0.1, 0.15) is 17.5 Å². The number of carboxylic acids is 1. The van der Waals surface area contributed by atoms with Gasteiger partial charge in [0.05, 0.1) is 0 Å². The number of nitrogens with zero attached hydrogens (tertiary/aromatic N) is 1. The van der Waals surface area contributed by atoms with E-state index in [1.807, 2.05) is 0 Å². The van der Waals surface area contributed by atoms with Gasteiger partial charge in [-0.3, -0.25) is 9.59 Å². The molecular formula is C17H21N3O5S. The molecule has 0 unspecified atom stereocenters. The number of rotatable bonds is 5. The lowest BCUT2D eigenvalue weighted by Gasteiger charge is -2.51. The van der Waals surface area contributed by atoms with Gasteiger partial charge < -0.3 is 25.8 Å². The standard InChI is InChI=1S/C17H21N3O5S/c1-16(2)11(13(22)23)20-14(24)17(25-3,15(20)26-16)19-12(21)10(18)9-7-5-4-6-8-9/h4-8,10-11,15H,18H2,1-3H3,(H,19,21)(H,22,23)/t10-,11+,15-,17+/m1/s1.